The molecule has 1 aromatic carbocycles. The molecule has 0 bridgehead atoms. The quantitative estimate of drug-likeness (QED) is 0.664. The largest absolute Gasteiger partial charge is 0.312 e. The van der Waals surface area contributed by atoms with E-state index in [-0.39, 0.29) is 5.78 Å². The second-order valence-electron chi connectivity index (χ2n) is 7.09. The maximum atomic E-state index is 13.2. The molecule has 1 aliphatic heterocycles. The van der Waals surface area contributed by atoms with Gasteiger partial charge in [-0.3, -0.25) is 14.7 Å². The zero-order valence-corrected chi connectivity index (χ0v) is 15.5. The zero-order chi connectivity index (χ0) is 18.8. The molecule has 0 amide bonds. The van der Waals surface area contributed by atoms with Crippen molar-refractivity contribution in [1.29, 1.82) is 5.26 Å². The number of pyridine rings is 1. The first kappa shape index (κ1) is 17.4. The first-order valence-electron chi connectivity index (χ1n) is 9.41. The molecule has 5 nitrogen and oxygen atoms in total. The number of carbonyl (C=O) groups excluding carboxylic acids is 1. The standard InChI is InChI=1S/C22H22N4O/c1-16-21(20(27)15-25-12-3-2-4-13-25)22-19(6-5-11-24-22)26(16)18-9-7-17(14-23)8-10-18/h5-11H,2-4,12-13,15H2,1H3. The van der Waals surface area contributed by atoms with Crippen LogP contribution in [0.1, 0.15) is 40.9 Å². The van der Waals surface area contributed by atoms with Crippen molar-refractivity contribution < 1.29 is 4.79 Å². The Kier molecular flexibility index (Phi) is 4.74. The van der Waals surface area contributed by atoms with Crippen molar-refractivity contribution in [2.24, 2.45) is 0 Å². The van der Waals surface area contributed by atoms with Gasteiger partial charge in [-0.05, 0) is 69.3 Å². The van der Waals surface area contributed by atoms with Crippen molar-refractivity contribution in [2.45, 2.75) is 26.2 Å². The van der Waals surface area contributed by atoms with Gasteiger partial charge in [0, 0.05) is 17.6 Å². The van der Waals surface area contributed by atoms with E-state index < -0.39 is 0 Å². The van der Waals surface area contributed by atoms with Crippen molar-refractivity contribution in [3.8, 4) is 11.8 Å². The summed E-state index contributed by atoms with van der Waals surface area (Å²) >= 11 is 0. The van der Waals surface area contributed by atoms with Crippen LogP contribution in [-0.4, -0.2) is 39.9 Å². The normalized spacial score (nSPS) is 15.0. The average molecular weight is 358 g/mol. The number of nitriles is 1. The van der Waals surface area contributed by atoms with Gasteiger partial charge in [0.25, 0.3) is 0 Å². The monoisotopic (exact) mass is 358 g/mol. The van der Waals surface area contributed by atoms with Crippen molar-refractivity contribution >= 4 is 16.8 Å². The predicted molar refractivity (Wildman–Crippen MR) is 105 cm³/mol. The van der Waals surface area contributed by atoms with E-state index in [1.54, 1.807) is 18.3 Å². The minimum atomic E-state index is 0.130. The molecule has 27 heavy (non-hydrogen) atoms. The Balaban J connectivity index is 1.78. The second-order valence-corrected chi connectivity index (χ2v) is 7.09. The summed E-state index contributed by atoms with van der Waals surface area (Å²) in [5.74, 6) is 0.130. The van der Waals surface area contributed by atoms with Crippen LogP contribution in [0.5, 0.6) is 0 Å². The molecule has 0 aliphatic carbocycles. The van der Waals surface area contributed by atoms with Crippen LogP contribution in [0, 0.1) is 18.3 Å². The molecule has 3 heterocycles. The minimum Gasteiger partial charge on any atom is -0.312 e. The Morgan fingerprint density at radius 2 is 1.89 bits per heavy atom. The van der Waals surface area contributed by atoms with E-state index >= 15 is 0 Å². The fourth-order valence-electron chi connectivity index (χ4n) is 3.98. The van der Waals surface area contributed by atoms with Crippen molar-refractivity contribution in [3.63, 3.8) is 0 Å². The van der Waals surface area contributed by atoms with Gasteiger partial charge in [0.15, 0.2) is 5.78 Å². The van der Waals surface area contributed by atoms with E-state index in [0.29, 0.717) is 17.7 Å². The van der Waals surface area contributed by atoms with Crippen LogP contribution in [0.15, 0.2) is 42.6 Å². The topological polar surface area (TPSA) is 61.9 Å². The second kappa shape index (κ2) is 7.34. The third kappa shape index (κ3) is 3.24. The minimum absolute atomic E-state index is 0.130. The number of piperidine rings is 1. The maximum absolute atomic E-state index is 13.2. The highest BCUT2D eigenvalue weighted by atomic mass is 16.1. The number of nitrogens with zero attached hydrogens (tertiary/aromatic N) is 4. The first-order valence-corrected chi connectivity index (χ1v) is 9.41. The molecule has 1 aliphatic rings. The van der Waals surface area contributed by atoms with E-state index in [9.17, 15) is 4.79 Å². The predicted octanol–water partition coefficient (Wildman–Crippen LogP) is 3.87. The molecule has 0 saturated carbocycles. The molecule has 1 saturated heterocycles. The number of hydrogen-bond acceptors (Lipinski definition) is 4. The van der Waals surface area contributed by atoms with Crippen LogP contribution < -0.4 is 0 Å². The lowest BCUT2D eigenvalue weighted by molar-refractivity contribution is 0.0916. The molecular formula is C22H22N4O. The van der Waals surface area contributed by atoms with E-state index in [1.807, 2.05) is 31.2 Å². The summed E-state index contributed by atoms with van der Waals surface area (Å²) in [5, 5.41) is 9.04. The lowest BCUT2D eigenvalue weighted by Crippen LogP contribution is -2.34. The van der Waals surface area contributed by atoms with Crippen molar-refractivity contribution in [3.05, 3.63) is 59.4 Å². The molecule has 0 N–H and O–H groups in total. The van der Waals surface area contributed by atoms with Gasteiger partial charge < -0.3 is 4.57 Å². The molecule has 4 rings (SSSR count). The number of ketones is 1. The molecule has 0 radical (unpaired) electrons. The van der Waals surface area contributed by atoms with Crippen LogP contribution in [-0.2, 0) is 0 Å². The Bertz CT molecular complexity index is 1020. The van der Waals surface area contributed by atoms with E-state index in [0.717, 1.165) is 48.3 Å². The number of fused-ring (bicyclic) bond motifs is 1. The highest BCUT2D eigenvalue weighted by Gasteiger charge is 2.23. The van der Waals surface area contributed by atoms with Crippen LogP contribution in [0.2, 0.25) is 0 Å². The van der Waals surface area contributed by atoms with Gasteiger partial charge in [-0.15, -0.1) is 0 Å². The Morgan fingerprint density at radius 1 is 1.15 bits per heavy atom. The molecule has 2 aromatic heterocycles. The summed E-state index contributed by atoms with van der Waals surface area (Å²) in [6, 6.07) is 13.4. The molecule has 0 atom stereocenters. The highest BCUT2D eigenvalue weighted by molar-refractivity contribution is 6.09. The molecule has 0 spiro atoms. The SMILES string of the molecule is Cc1c(C(=O)CN2CCCCC2)c2ncccc2n1-c1ccc(C#N)cc1. The first-order chi connectivity index (χ1) is 13.2. The molecule has 0 unspecified atom stereocenters. The number of hydrogen-bond donors (Lipinski definition) is 0. The number of aromatic nitrogens is 2. The number of carbonyl (C=O) groups is 1. The van der Waals surface area contributed by atoms with Crippen LogP contribution in [0.25, 0.3) is 16.7 Å². The van der Waals surface area contributed by atoms with Gasteiger partial charge in [-0.25, -0.2) is 0 Å². The van der Waals surface area contributed by atoms with Gasteiger partial charge in [0.1, 0.15) is 0 Å². The molecular weight excluding hydrogens is 336 g/mol. The number of rotatable bonds is 4. The third-order valence-corrected chi connectivity index (χ3v) is 5.31. The van der Waals surface area contributed by atoms with Gasteiger partial charge in [-0.2, -0.15) is 5.26 Å². The molecule has 136 valence electrons. The van der Waals surface area contributed by atoms with Gasteiger partial charge in [0.05, 0.1) is 34.8 Å². The van der Waals surface area contributed by atoms with Gasteiger partial charge in [0.2, 0.25) is 0 Å². The third-order valence-electron chi connectivity index (χ3n) is 5.31. The van der Waals surface area contributed by atoms with Crippen LogP contribution in [0.4, 0.5) is 0 Å². The Hall–Kier alpha value is -2.97. The lowest BCUT2D eigenvalue weighted by atomic mass is 10.1. The molecule has 1 fully saturated rings. The molecule has 5 heteroatoms. The zero-order valence-electron chi connectivity index (χ0n) is 15.5. The molecule has 3 aromatic rings. The van der Waals surface area contributed by atoms with E-state index in [2.05, 4.69) is 20.5 Å². The highest BCUT2D eigenvalue weighted by Crippen LogP contribution is 2.28. The van der Waals surface area contributed by atoms with Gasteiger partial charge in [-0.1, -0.05) is 6.42 Å². The lowest BCUT2D eigenvalue weighted by Gasteiger charge is -2.25. The Morgan fingerprint density at radius 3 is 2.59 bits per heavy atom. The smallest absolute Gasteiger partial charge is 0.180 e. The maximum Gasteiger partial charge on any atom is 0.180 e. The van der Waals surface area contributed by atoms with Crippen molar-refractivity contribution in [2.75, 3.05) is 19.6 Å². The number of likely N-dealkylation sites (tertiary alicyclic amines) is 1. The summed E-state index contributed by atoms with van der Waals surface area (Å²) < 4.78 is 2.06. The fraction of sp³-hybridized carbons (Fsp3) is 0.318. The summed E-state index contributed by atoms with van der Waals surface area (Å²) in [6.07, 6.45) is 5.32. The number of Topliss-reactive ketones (excluding diaryl/α,β-unsaturated/α-hetero) is 1. The van der Waals surface area contributed by atoms with Crippen LogP contribution >= 0.6 is 0 Å². The number of benzene rings is 1. The van der Waals surface area contributed by atoms with E-state index in [1.165, 1.54) is 6.42 Å². The van der Waals surface area contributed by atoms with Crippen LogP contribution in [0.3, 0.4) is 0 Å². The fourth-order valence-corrected chi connectivity index (χ4v) is 3.98. The summed E-state index contributed by atoms with van der Waals surface area (Å²) in [4.78, 5) is 19.9. The summed E-state index contributed by atoms with van der Waals surface area (Å²) in [5.41, 5.74) is 4.83. The Labute approximate surface area is 158 Å². The van der Waals surface area contributed by atoms with Crippen molar-refractivity contribution in [1.82, 2.24) is 14.5 Å². The van der Waals surface area contributed by atoms with Gasteiger partial charge >= 0.3 is 0 Å². The average Bonchev–Trinajstić information content (AvgIpc) is 3.00. The summed E-state index contributed by atoms with van der Waals surface area (Å²) in [7, 11) is 0. The summed E-state index contributed by atoms with van der Waals surface area (Å²) in [6.45, 7) is 4.41. The van der Waals surface area contributed by atoms with E-state index in [4.69, 9.17) is 5.26 Å².